The summed E-state index contributed by atoms with van der Waals surface area (Å²) in [7, 11) is -3.67. The molecular formula is C13H17BrN4O2S. The molecule has 1 aromatic carbocycles. The summed E-state index contributed by atoms with van der Waals surface area (Å²) in [6.07, 6.45) is 3.84. The van der Waals surface area contributed by atoms with Gasteiger partial charge in [0.05, 0.1) is 10.9 Å². The molecule has 0 amide bonds. The Labute approximate surface area is 132 Å². The van der Waals surface area contributed by atoms with Gasteiger partial charge in [-0.2, -0.15) is 0 Å². The highest BCUT2D eigenvalue weighted by atomic mass is 79.9. The number of hydrogen-bond acceptors (Lipinski definition) is 4. The van der Waals surface area contributed by atoms with Crippen molar-refractivity contribution in [3.05, 3.63) is 46.5 Å². The van der Waals surface area contributed by atoms with E-state index in [0.717, 1.165) is 5.56 Å². The third-order valence-electron chi connectivity index (χ3n) is 3.08. The number of halogens is 1. The molecule has 0 saturated carbocycles. The van der Waals surface area contributed by atoms with E-state index < -0.39 is 16.1 Å². The van der Waals surface area contributed by atoms with Gasteiger partial charge in [-0.3, -0.25) is 0 Å². The molecule has 0 radical (unpaired) electrons. The Hall–Kier alpha value is -1.22. The second kappa shape index (κ2) is 6.69. The summed E-state index contributed by atoms with van der Waals surface area (Å²) in [6.45, 7) is 2.17. The van der Waals surface area contributed by atoms with Gasteiger partial charge in [0.2, 0.25) is 10.0 Å². The molecule has 2 aromatic rings. The van der Waals surface area contributed by atoms with Gasteiger partial charge < -0.3 is 10.7 Å². The second-order valence-electron chi connectivity index (χ2n) is 4.53. The normalized spacial score (nSPS) is 13.3. The van der Waals surface area contributed by atoms with E-state index in [1.54, 1.807) is 30.6 Å². The van der Waals surface area contributed by atoms with Gasteiger partial charge in [0.15, 0.2) is 0 Å². The molecule has 1 heterocycles. The number of aromatic amines is 1. The van der Waals surface area contributed by atoms with E-state index in [1.165, 1.54) is 0 Å². The van der Waals surface area contributed by atoms with Crippen LogP contribution in [0.2, 0.25) is 0 Å². The van der Waals surface area contributed by atoms with Gasteiger partial charge in [0.1, 0.15) is 5.82 Å². The first kappa shape index (κ1) is 16.2. The zero-order chi connectivity index (χ0) is 15.5. The van der Waals surface area contributed by atoms with Crippen molar-refractivity contribution in [2.75, 3.05) is 0 Å². The standard InChI is InChI=1S/C13H17BrN4O2S/c1-2-11(13-16-5-6-17-13)18-21(19,20)12-7-9(8-15)3-4-10(12)14/h3-7,11,18H,2,8,15H2,1H3,(H,16,17). The predicted octanol–water partition coefficient (Wildman–Crippen LogP) is 2.06. The smallest absolute Gasteiger partial charge is 0.242 e. The topological polar surface area (TPSA) is 101 Å². The van der Waals surface area contributed by atoms with Gasteiger partial charge >= 0.3 is 0 Å². The fourth-order valence-electron chi connectivity index (χ4n) is 1.93. The van der Waals surface area contributed by atoms with Crippen molar-refractivity contribution in [1.82, 2.24) is 14.7 Å². The lowest BCUT2D eigenvalue weighted by atomic mass is 10.2. The maximum atomic E-state index is 12.6. The number of rotatable bonds is 6. The van der Waals surface area contributed by atoms with Gasteiger partial charge in [-0.05, 0) is 40.0 Å². The number of imidazole rings is 1. The maximum absolute atomic E-state index is 12.6. The molecule has 6 nitrogen and oxygen atoms in total. The van der Waals surface area contributed by atoms with Crippen molar-refractivity contribution < 1.29 is 8.42 Å². The zero-order valence-electron chi connectivity index (χ0n) is 11.5. The minimum Gasteiger partial charge on any atom is -0.347 e. The number of H-pyrrole nitrogens is 1. The molecule has 4 N–H and O–H groups in total. The molecular weight excluding hydrogens is 356 g/mol. The highest BCUT2D eigenvalue weighted by molar-refractivity contribution is 9.10. The summed E-state index contributed by atoms with van der Waals surface area (Å²) < 4.78 is 28.3. The van der Waals surface area contributed by atoms with Gasteiger partial charge in [-0.15, -0.1) is 0 Å². The van der Waals surface area contributed by atoms with Gasteiger partial charge in [0, 0.05) is 23.4 Å². The van der Waals surface area contributed by atoms with Gasteiger partial charge in [0.25, 0.3) is 0 Å². The third-order valence-corrected chi connectivity index (χ3v) is 5.54. The Kier molecular flexibility index (Phi) is 5.15. The summed E-state index contributed by atoms with van der Waals surface area (Å²) in [5, 5.41) is 0. The summed E-state index contributed by atoms with van der Waals surface area (Å²) >= 11 is 3.27. The van der Waals surface area contributed by atoms with Gasteiger partial charge in [-0.1, -0.05) is 13.0 Å². The fraction of sp³-hybridized carbons (Fsp3) is 0.308. The molecule has 1 aromatic heterocycles. The molecule has 1 unspecified atom stereocenters. The molecule has 8 heteroatoms. The highest BCUT2D eigenvalue weighted by Crippen LogP contribution is 2.25. The zero-order valence-corrected chi connectivity index (χ0v) is 13.9. The number of sulfonamides is 1. The number of hydrogen-bond donors (Lipinski definition) is 3. The van der Waals surface area contributed by atoms with Crippen molar-refractivity contribution >= 4 is 26.0 Å². The first-order valence-electron chi connectivity index (χ1n) is 6.48. The molecule has 1 atom stereocenters. The molecule has 0 spiro atoms. The maximum Gasteiger partial charge on any atom is 0.242 e. The van der Waals surface area contributed by atoms with Crippen molar-refractivity contribution in [2.45, 2.75) is 30.8 Å². The molecule has 0 aliphatic carbocycles. The Bertz CT molecular complexity index is 701. The summed E-state index contributed by atoms with van der Waals surface area (Å²) in [5.74, 6) is 0.590. The van der Waals surface area contributed by atoms with Crippen LogP contribution in [0.4, 0.5) is 0 Å². The predicted molar refractivity (Wildman–Crippen MR) is 84.0 cm³/mol. The van der Waals surface area contributed by atoms with Crippen molar-refractivity contribution in [1.29, 1.82) is 0 Å². The number of nitrogens with zero attached hydrogens (tertiary/aromatic N) is 1. The Balaban J connectivity index is 2.34. The third kappa shape index (κ3) is 3.70. The van der Waals surface area contributed by atoms with Crippen molar-refractivity contribution in [3.63, 3.8) is 0 Å². The largest absolute Gasteiger partial charge is 0.347 e. The van der Waals surface area contributed by atoms with Crippen LogP contribution in [0.25, 0.3) is 0 Å². The van der Waals surface area contributed by atoms with Crippen LogP contribution in [0.1, 0.15) is 30.8 Å². The first-order valence-corrected chi connectivity index (χ1v) is 8.75. The number of aromatic nitrogens is 2. The minimum atomic E-state index is -3.67. The van der Waals surface area contributed by atoms with Crippen LogP contribution in [0.5, 0.6) is 0 Å². The molecule has 0 aliphatic heterocycles. The molecule has 0 bridgehead atoms. The summed E-state index contributed by atoms with van der Waals surface area (Å²) in [5.41, 5.74) is 6.33. The first-order chi connectivity index (χ1) is 9.97. The lowest BCUT2D eigenvalue weighted by molar-refractivity contribution is 0.539. The minimum absolute atomic E-state index is 0.176. The van der Waals surface area contributed by atoms with E-state index in [-0.39, 0.29) is 11.4 Å². The summed E-state index contributed by atoms with van der Waals surface area (Å²) in [4.78, 5) is 7.21. The van der Waals surface area contributed by atoms with Crippen molar-refractivity contribution in [3.8, 4) is 0 Å². The van der Waals surface area contributed by atoms with Crippen LogP contribution < -0.4 is 10.5 Å². The SMILES string of the molecule is CCC(NS(=O)(=O)c1cc(CN)ccc1Br)c1ncc[nH]1. The lowest BCUT2D eigenvalue weighted by Gasteiger charge is -2.16. The van der Waals surface area contributed by atoms with E-state index in [2.05, 4.69) is 30.6 Å². The van der Waals surface area contributed by atoms with E-state index >= 15 is 0 Å². The molecule has 0 aliphatic rings. The Morgan fingerprint density at radius 2 is 2.24 bits per heavy atom. The van der Waals surface area contributed by atoms with Crippen LogP contribution >= 0.6 is 15.9 Å². The number of nitrogens with two attached hydrogens (primary N) is 1. The molecule has 114 valence electrons. The monoisotopic (exact) mass is 372 g/mol. The van der Waals surface area contributed by atoms with E-state index in [0.29, 0.717) is 16.7 Å². The van der Waals surface area contributed by atoms with Crippen LogP contribution in [0, 0.1) is 0 Å². The van der Waals surface area contributed by atoms with Crippen LogP contribution in [0.3, 0.4) is 0 Å². The lowest BCUT2D eigenvalue weighted by Crippen LogP contribution is -2.29. The molecule has 21 heavy (non-hydrogen) atoms. The highest BCUT2D eigenvalue weighted by Gasteiger charge is 2.23. The number of nitrogens with one attached hydrogen (secondary N) is 2. The van der Waals surface area contributed by atoms with Gasteiger partial charge in [-0.25, -0.2) is 18.1 Å². The Morgan fingerprint density at radius 1 is 1.48 bits per heavy atom. The van der Waals surface area contributed by atoms with Crippen LogP contribution in [-0.4, -0.2) is 18.4 Å². The van der Waals surface area contributed by atoms with Crippen LogP contribution in [0.15, 0.2) is 40.0 Å². The quantitative estimate of drug-likeness (QED) is 0.722. The van der Waals surface area contributed by atoms with E-state index in [9.17, 15) is 8.42 Å². The average molecular weight is 373 g/mol. The molecule has 0 fully saturated rings. The second-order valence-corrected chi connectivity index (χ2v) is 7.06. The van der Waals surface area contributed by atoms with Crippen molar-refractivity contribution in [2.24, 2.45) is 5.73 Å². The Morgan fingerprint density at radius 3 is 2.81 bits per heavy atom. The van der Waals surface area contributed by atoms with Crippen LogP contribution in [-0.2, 0) is 16.6 Å². The van der Waals surface area contributed by atoms with E-state index in [1.807, 2.05) is 6.92 Å². The average Bonchev–Trinajstić information content (AvgIpc) is 2.99. The number of benzene rings is 1. The summed E-state index contributed by atoms with van der Waals surface area (Å²) in [6, 6.07) is 4.64. The van der Waals surface area contributed by atoms with E-state index in [4.69, 9.17) is 5.73 Å². The molecule has 2 rings (SSSR count). The molecule has 0 saturated heterocycles. The fourth-order valence-corrected chi connectivity index (χ4v) is 4.23.